The molecule has 34 atom stereocenters. The number of aliphatic hydroxyl groups excluding tert-OH is 12. The molecule has 0 amide bonds. The molecule has 0 spiro atoms. The highest BCUT2D eigenvalue weighted by Gasteiger charge is 2.73. The third-order valence-corrected chi connectivity index (χ3v) is 24.4. The van der Waals surface area contributed by atoms with E-state index in [0.717, 1.165) is 12.5 Å². The number of carbonyl (C=O) groups excluding carboxylic acids is 6. The van der Waals surface area contributed by atoms with Crippen LogP contribution in [-0.2, 0) is 90.3 Å². The van der Waals surface area contributed by atoms with E-state index in [-0.39, 0.29) is 49.5 Å². The van der Waals surface area contributed by atoms with Gasteiger partial charge in [-0.3, -0.25) is 28.8 Å². The summed E-state index contributed by atoms with van der Waals surface area (Å²) in [5.41, 5.74) is -3.91. The number of esters is 6. The van der Waals surface area contributed by atoms with E-state index < -0.39 is 248 Å². The van der Waals surface area contributed by atoms with Gasteiger partial charge in [-0.1, -0.05) is 53.2 Å². The number of hydrogen-bond acceptors (Lipinski definition) is 31. The average Bonchev–Trinajstić information content (AvgIpc) is 0.670. The molecule has 31 nitrogen and oxygen atoms in total. The SMILES string of the molecule is CC(=O)O[C@H]1[C@H](O[C@H]2[C@H](OC(=O)[C@]34CCC(C)(C)C[C@H]3C3=CC[C@@H]5[C@]6(C)C[C@H](O)[C@H](O)[C@@](C)(CO)[C@@H]6CC[C@@]5(C)[C@]3(C)C[C@H]4O)O[C@H](C)[C@H](OC(=O)C[C@H](C)OC(=O)C[C@H](C)OC(=O)C[C@H](C)OC(=O)C[C@H](C)O)[C@@H]2O)O[C@@H](C)[C@H](O[C@@H]2OC[C@@H](O)[C@H](O[C@@H]3O[C@@H](C)[C@H](O)[C@@H](O)[C@H]3O)[C@H]2O)[C@H]1O. The number of fused-ring (bicyclic) bond motifs is 7. The van der Waals surface area contributed by atoms with Crippen molar-refractivity contribution in [2.45, 2.75) is 333 Å². The normalized spacial score (nSPS) is 45.9. The van der Waals surface area contributed by atoms with E-state index in [0.29, 0.717) is 38.5 Å². The van der Waals surface area contributed by atoms with Gasteiger partial charge >= 0.3 is 35.8 Å². The van der Waals surface area contributed by atoms with Gasteiger partial charge in [0.15, 0.2) is 37.2 Å². The van der Waals surface area contributed by atoms with Crippen molar-refractivity contribution in [3.63, 3.8) is 0 Å². The average molecular weight is 1460 g/mol. The molecule has 0 aromatic rings. The van der Waals surface area contributed by atoms with Crippen LogP contribution in [0.4, 0.5) is 0 Å². The monoisotopic (exact) mass is 1460 g/mol. The molecule has 9 aliphatic rings. The third kappa shape index (κ3) is 16.0. The molecule has 0 aromatic heterocycles. The molecule has 12 N–H and O–H groups in total. The lowest BCUT2D eigenvalue weighted by atomic mass is 9.33. The molecule has 31 heteroatoms. The van der Waals surface area contributed by atoms with Gasteiger partial charge in [0.1, 0.15) is 78.7 Å². The summed E-state index contributed by atoms with van der Waals surface area (Å²) in [5, 5.41) is 135. The molecule has 4 saturated carbocycles. The highest BCUT2D eigenvalue weighted by Crippen LogP contribution is 2.76. The predicted octanol–water partition coefficient (Wildman–Crippen LogP) is 0.459. The van der Waals surface area contributed by atoms with E-state index >= 15 is 4.79 Å². The zero-order valence-electron chi connectivity index (χ0n) is 60.8. The van der Waals surface area contributed by atoms with Gasteiger partial charge in [0.25, 0.3) is 0 Å². The van der Waals surface area contributed by atoms with Crippen LogP contribution in [0, 0.1) is 50.2 Å². The van der Waals surface area contributed by atoms with Crippen molar-refractivity contribution in [3.8, 4) is 0 Å². The molecule has 9 rings (SSSR count). The van der Waals surface area contributed by atoms with Gasteiger partial charge in [-0.15, -0.1) is 0 Å². The van der Waals surface area contributed by atoms with Gasteiger partial charge in [0.05, 0.1) is 81.6 Å². The second kappa shape index (κ2) is 31.6. The zero-order chi connectivity index (χ0) is 75.6. The van der Waals surface area contributed by atoms with E-state index in [1.165, 1.54) is 48.5 Å². The summed E-state index contributed by atoms with van der Waals surface area (Å²) in [6.45, 7) is 22.5. The molecule has 5 aliphatic carbocycles. The van der Waals surface area contributed by atoms with Gasteiger partial charge < -0.3 is 123 Å². The Morgan fingerprint density at radius 1 is 0.539 bits per heavy atom. The summed E-state index contributed by atoms with van der Waals surface area (Å²) in [6.07, 6.45) is -36.6. The van der Waals surface area contributed by atoms with Crippen LogP contribution in [0.5, 0.6) is 0 Å². The standard InChI is InChI=1S/C71H112O31/c1-30(73)21-45(78)91-31(2)22-46(79)92-32(3)23-47(80)93-33(4)24-48(81)98-55-35(6)96-64(59(52(55)85)101-63-58(97-37(8)74)53(86)56(36(7)95-63)99-61-54(87)57(41(76)28-90-61)100-62-51(84)50(83)49(82)34(5)94-62)102-65(89)71-20-19-66(9,10)25-39(71)38-15-16-43-67(11)26-40(75)60(88)68(12,29-72)42(67)17-18-69(43,13)70(38,14)27-44(71)77/h15,30-36,39-44,49-64,72-73,75-77,82-88H,16-29H2,1-14H3/t30-,31-,32-,33-,34-,35+,36-,39-,40-,41+,42+,43+,44+,49-,50+,51+,52-,53+,54+,55-,56-,57-,58+,59+,60-,61-,62-,63-,64-,67+,68-,69+,70+,71+/m0/s1. The molecule has 4 saturated heterocycles. The maximum absolute atomic E-state index is 16.0. The van der Waals surface area contributed by atoms with Crippen LogP contribution < -0.4 is 0 Å². The van der Waals surface area contributed by atoms with Crippen molar-refractivity contribution < 1.29 is 152 Å². The van der Waals surface area contributed by atoms with Crippen LogP contribution in [-0.4, -0.2) is 270 Å². The van der Waals surface area contributed by atoms with Gasteiger partial charge in [-0.05, 0) is 139 Å². The highest BCUT2D eigenvalue weighted by molar-refractivity contribution is 5.80. The Balaban J connectivity index is 0.970. The minimum atomic E-state index is -2.05. The van der Waals surface area contributed by atoms with Crippen molar-refractivity contribution >= 4 is 35.8 Å². The lowest BCUT2D eigenvalue weighted by Gasteiger charge is -2.72. The van der Waals surface area contributed by atoms with Crippen LogP contribution in [0.3, 0.4) is 0 Å². The number of allylic oxidation sites excluding steroid dienone is 2. The minimum Gasteiger partial charge on any atom is -0.462 e. The molecule has 0 bridgehead atoms. The van der Waals surface area contributed by atoms with Gasteiger partial charge in [-0.25, -0.2) is 0 Å². The topological polar surface area (TPSA) is 465 Å². The first-order valence-electron chi connectivity index (χ1n) is 36.0. The smallest absolute Gasteiger partial charge is 0.317 e. The molecule has 4 heterocycles. The molecule has 102 heavy (non-hydrogen) atoms. The maximum Gasteiger partial charge on any atom is 0.317 e. The lowest BCUT2D eigenvalue weighted by Crippen LogP contribution is -2.70. The Bertz CT molecular complexity index is 3000. The summed E-state index contributed by atoms with van der Waals surface area (Å²) >= 11 is 0. The Kier molecular flexibility index (Phi) is 25.3. The number of ether oxygens (including phenoxy) is 13. The van der Waals surface area contributed by atoms with Crippen LogP contribution in [0.25, 0.3) is 0 Å². The van der Waals surface area contributed by atoms with E-state index in [9.17, 15) is 85.3 Å². The molecular formula is C71H112O31. The molecule has 8 fully saturated rings. The largest absolute Gasteiger partial charge is 0.462 e. The summed E-state index contributed by atoms with van der Waals surface area (Å²) < 4.78 is 76.4. The van der Waals surface area contributed by atoms with Crippen molar-refractivity contribution in [2.75, 3.05) is 13.2 Å². The summed E-state index contributed by atoms with van der Waals surface area (Å²) in [5.74, 6) is -6.27. The van der Waals surface area contributed by atoms with E-state index in [1.807, 2.05) is 6.92 Å². The third-order valence-electron chi connectivity index (χ3n) is 24.4. The fourth-order valence-electron chi connectivity index (χ4n) is 18.8. The number of carbonyl (C=O) groups is 6. The van der Waals surface area contributed by atoms with E-state index in [1.54, 1.807) is 0 Å². The summed E-state index contributed by atoms with van der Waals surface area (Å²) in [7, 11) is 0. The molecule has 0 radical (unpaired) electrons. The summed E-state index contributed by atoms with van der Waals surface area (Å²) in [6, 6.07) is 0. The first kappa shape index (κ1) is 81.9. The van der Waals surface area contributed by atoms with Crippen LogP contribution in [0.2, 0.25) is 0 Å². The molecular weight excluding hydrogens is 1350 g/mol. The van der Waals surface area contributed by atoms with Crippen molar-refractivity contribution in [1.82, 2.24) is 0 Å². The Morgan fingerprint density at radius 2 is 1.09 bits per heavy atom. The molecule has 0 aromatic carbocycles. The Labute approximate surface area is 594 Å². The number of aliphatic hydroxyl groups is 12. The fraction of sp³-hybridized carbons (Fsp3) is 0.887. The van der Waals surface area contributed by atoms with Crippen molar-refractivity contribution in [3.05, 3.63) is 11.6 Å². The van der Waals surface area contributed by atoms with Crippen molar-refractivity contribution in [1.29, 1.82) is 0 Å². The lowest BCUT2D eigenvalue weighted by molar-refractivity contribution is -0.380. The van der Waals surface area contributed by atoms with E-state index in [4.69, 9.17) is 61.6 Å². The van der Waals surface area contributed by atoms with Crippen molar-refractivity contribution in [2.24, 2.45) is 50.2 Å². The second-order valence-electron chi connectivity index (χ2n) is 32.5. The van der Waals surface area contributed by atoms with Gasteiger partial charge in [-0.2, -0.15) is 0 Å². The second-order valence-corrected chi connectivity index (χ2v) is 32.5. The van der Waals surface area contributed by atoms with Gasteiger partial charge in [0.2, 0.25) is 6.29 Å². The quantitative estimate of drug-likeness (QED) is 0.0398. The van der Waals surface area contributed by atoms with Crippen LogP contribution in [0.15, 0.2) is 11.6 Å². The van der Waals surface area contributed by atoms with Crippen LogP contribution >= 0.6 is 0 Å². The minimum absolute atomic E-state index is 0.0903. The molecule has 4 aliphatic heterocycles. The summed E-state index contributed by atoms with van der Waals surface area (Å²) in [4.78, 5) is 80.8. The molecule has 0 unspecified atom stereocenters. The fourth-order valence-corrected chi connectivity index (χ4v) is 18.8. The highest BCUT2D eigenvalue weighted by atomic mass is 16.8. The molecule has 582 valence electrons. The number of hydrogen-bond donors (Lipinski definition) is 12. The predicted molar refractivity (Wildman–Crippen MR) is 347 cm³/mol. The van der Waals surface area contributed by atoms with Gasteiger partial charge in [0, 0.05) is 12.3 Å². The Morgan fingerprint density at radius 3 is 1.69 bits per heavy atom. The zero-order valence-corrected chi connectivity index (χ0v) is 60.8. The first-order chi connectivity index (χ1) is 47.5. The maximum atomic E-state index is 16.0. The van der Waals surface area contributed by atoms with E-state index in [2.05, 4.69) is 40.7 Å². The number of rotatable bonds is 22. The first-order valence-corrected chi connectivity index (χ1v) is 36.0. The Hall–Kier alpha value is -4.20. The van der Waals surface area contributed by atoms with Crippen LogP contribution in [0.1, 0.15) is 174 Å².